The van der Waals surface area contributed by atoms with E-state index in [-0.39, 0.29) is 17.3 Å². The van der Waals surface area contributed by atoms with E-state index in [1.807, 2.05) is 30.3 Å². The lowest BCUT2D eigenvalue weighted by molar-refractivity contribution is -0.141. The zero-order chi connectivity index (χ0) is 20.7. The van der Waals surface area contributed by atoms with Crippen LogP contribution >= 0.6 is 0 Å². The van der Waals surface area contributed by atoms with Crippen molar-refractivity contribution in [1.82, 2.24) is 9.97 Å². The number of halogens is 2. The Morgan fingerprint density at radius 2 is 1.87 bits per heavy atom. The second kappa shape index (κ2) is 7.26. The number of benzene rings is 2. The number of carbonyl (C=O) groups is 1. The van der Waals surface area contributed by atoms with Crippen LogP contribution in [0.4, 0.5) is 8.78 Å². The van der Waals surface area contributed by atoms with Gasteiger partial charge in [-0.3, -0.25) is 4.79 Å². The van der Waals surface area contributed by atoms with Gasteiger partial charge >= 0.3 is 5.97 Å². The summed E-state index contributed by atoms with van der Waals surface area (Å²) in [4.78, 5) is 20.2. The van der Waals surface area contributed by atoms with Gasteiger partial charge in [-0.25, -0.2) is 8.78 Å². The minimum absolute atomic E-state index is 0.0326. The highest BCUT2D eigenvalue weighted by atomic mass is 19.1. The van der Waals surface area contributed by atoms with Crippen LogP contribution < -0.4 is 4.74 Å². The molecule has 1 aliphatic heterocycles. The van der Waals surface area contributed by atoms with Crippen LogP contribution in [0.5, 0.6) is 5.88 Å². The molecule has 0 bridgehead atoms. The van der Waals surface area contributed by atoms with Crippen molar-refractivity contribution in [2.24, 2.45) is 5.92 Å². The lowest BCUT2D eigenvalue weighted by Gasteiger charge is -2.29. The molecule has 1 aliphatic rings. The number of carbonyl (C=O) groups excluding carboxylic acids is 1. The molecule has 150 valence electrons. The first kappa shape index (κ1) is 18.3. The third kappa shape index (κ3) is 3.18. The number of esters is 1. The van der Waals surface area contributed by atoms with E-state index in [2.05, 4.69) is 9.97 Å². The molecule has 3 heterocycles. The number of H-pyrrole nitrogens is 1. The fourth-order valence-corrected chi connectivity index (χ4v) is 3.88. The van der Waals surface area contributed by atoms with Crippen LogP contribution in [-0.2, 0) is 11.2 Å². The van der Waals surface area contributed by atoms with Gasteiger partial charge in [0.1, 0.15) is 23.2 Å². The smallest absolute Gasteiger partial charge is 0.317 e. The monoisotopic (exact) mass is 406 g/mol. The van der Waals surface area contributed by atoms with E-state index in [9.17, 15) is 13.6 Å². The van der Waals surface area contributed by atoms with E-state index in [0.29, 0.717) is 17.9 Å². The molecule has 5 rings (SSSR count). The number of rotatable bonds is 4. The molecule has 0 saturated heterocycles. The maximum absolute atomic E-state index is 14.3. The van der Waals surface area contributed by atoms with Crippen LogP contribution in [0, 0.1) is 17.6 Å². The van der Waals surface area contributed by atoms with Crippen LogP contribution in [0.1, 0.15) is 22.9 Å². The molecule has 4 aromatic rings. The summed E-state index contributed by atoms with van der Waals surface area (Å²) in [6.07, 6.45) is 1.88. The SMILES string of the molecule is O=C1Oc2nc(-c3cc(F)ccc3F)[nH]c2[C@H](c2ccccc2)[C@@H]1Cc1ccco1. The van der Waals surface area contributed by atoms with Crippen molar-refractivity contribution in [3.63, 3.8) is 0 Å². The van der Waals surface area contributed by atoms with Gasteiger partial charge < -0.3 is 14.1 Å². The van der Waals surface area contributed by atoms with Gasteiger partial charge in [-0.05, 0) is 35.9 Å². The molecular weight excluding hydrogens is 390 g/mol. The molecule has 0 unspecified atom stereocenters. The summed E-state index contributed by atoms with van der Waals surface area (Å²) >= 11 is 0. The first-order chi connectivity index (χ1) is 14.6. The van der Waals surface area contributed by atoms with Gasteiger partial charge in [-0.1, -0.05) is 30.3 Å². The summed E-state index contributed by atoms with van der Waals surface area (Å²) < 4.78 is 38.9. The number of aromatic nitrogens is 2. The first-order valence-electron chi connectivity index (χ1n) is 9.44. The van der Waals surface area contributed by atoms with Crippen molar-refractivity contribution in [3.05, 3.63) is 95.6 Å². The number of ether oxygens (including phenoxy) is 1. The summed E-state index contributed by atoms with van der Waals surface area (Å²) in [6, 6.07) is 16.1. The van der Waals surface area contributed by atoms with E-state index >= 15 is 0 Å². The second-order valence-electron chi connectivity index (χ2n) is 7.13. The van der Waals surface area contributed by atoms with Gasteiger partial charge in [0.15, 0.2) is 0 Å². The average Bonchev–Trinajstić information content (AvgIpc) is 3.40. The maximum Gasteiger partial charge on any atom is 0.317 e. The Morgan fingerprint density at radius 3 is 2.63 bits per heavy atom. The van der Waals surface area contributed by atoms with Crippen LogP contribution in [0.3, 0.4) is 0 Å². The minimum Gasteiger partial charge on any atom is -0.469 e. The van der Waals surface area contributed by atoms with E-state index in [0.717, 1.165) is 23.8 Å². The predicted molar refractivity (Wildman–Crippen MR) is 104 cm³/mol. The van der Waals surface area contributed by atoms with Crippen molar-refractivity contribution < 1.29 is 22.7 Å². The highest BCUT2D eigenvalue weighted by molar-refractivity contribution is 5.80. The fraction of sp³-hybridized carbons (Fsp3) is 0.130. The summed E-state index contributed by atoms with van der Waals surface area (Å²) in [7, 11) is 0. The molecule has 1 N–H and O–H groups in total. The standard InChI is InChI=1S/C23H16F2N2O3/c24-14-8-9-18(25)16(11-14)21-26-20-19(13-5-2-1-3-6-13)17(12-15-7-4-10-29-15)23(28)30-22(20)27-21/h1-11,17,19H,12H2,(H,26,27)/t17-,19+/m0/s1. The molecule has 0 saturated carbocycles. The predicted octanol–water partition coefficient (Wildman–Crippen LogP) is 4.86. The Balaban J connectivity index is 1.63. The molecule has 0 radical (unpaired) electrons. The van der Waals surface area contributed by atoms with E-state index < -0.39 is 29.4 Å². The van der Waals surface area contributed by atoms with E-state index in [4.69, 9.17) is 9.15 Å². The zero-order valence-electron chi connectivity index (χ0n) is 15.6. The number of furan rings is 1. The van der Waals surface area contributed by atoms with Gasteiger partial charge in [0, 0.05) is 12.3 Å². The Bertz CT molecular complexity index is 1200. The summed E-state index contributed by atoms with van der Waals surface area (Å²) in [5, 5.41) is 0. The topological polar surface area (TPSA) is 68.1 Å². The average molecular weight is 406 g/mol. The normalized spacial score (nSPS) is 18.1. The number of nitrogens with one attached hydrogen (secondary N) is 1. The molecule has 0 amide bonds. The number of aromatic amines is 1. The van der Waals surface area contributed by atoms with Crippen molar-refractivity contribution in [2.45, 2.75) is 12.3 Å². The molecule has 2 atom stereocenters. The van der Waals surface area contributed by atoms with Crippen LogP contribution in [0.25, 0.3) is 11.4 Å². The van der Waals surface area contributed by atoms with Crippen molar-refractivity contribution in [3.8, 4) is 17.3 Å². The zero-order valence-corrected chi connectivity index (χ0v) is 15.6. The van der Waals surface area contributed by atoms with Crippen molar-refractivity contribution in [1.29, 1.82) is 0 Å². The quantitative estimate of drug-likeness (QED) is 0.492. The number of imidazole rings is 1. The van der Waals surface area contributed by atoms with E-state index in [1.165, 1.54) is 0 Å². The molecular formula is C23H16F2N2O3. The van der Waals surface area contributed by atoms with Crippen molar-refractivity contribution in [2.75, 3.05) is 0 Å². The highest BCUT2D eigenvalue weighted by Gasteiger charge is 2.41. The highest BCUT2D eigenvalue weighted by Crippen LogP contribution is 2.43. The molecule has 2 aromatic carbocycles. The van der Waals surface area contributed by atoms with Gasteiger partial charge in [0.05, 0.1) is 23.4 Å². The number of hydrogen-bond donors (Lipinski definition) is 1. The molecule has 0 aliphatic carbocycles. The summed E-state index contributed by atoms with van der Waals surface area (Å²) in [5.41, 5.74) is 1.38. The third-order valence-electron chi connectivity index (χ3n) is 5.25. The largest absolute Gasteiger partial charge is 0.469 e. The fourth-order valence-electron chi connectivity index (χ4n) is 3.88. The lowest BCUT2D eigenvalue weighted by atomic mass is 9.80. The lowest BCUT2D eigenvalue weighted by Crippen LogP contribution is -2.34. The van der Waals surface area contributed by atoms with Crippen LogP contribution in [-0.4, -0.2) is 15.9 Å². The maximum atomic E-state index is 14.3. The van der Waals surface area contributed by atoms with Gasteiger partial charge in [0.2, 0.25) is 5.88 Å². The summed E-state index contributed by atoms with van der Waals surface area (Å²) in [5.74, 6) is -1.83. The number of nitrogens with zero attached hydrogens (tertiary/aromatic N) is 1. The Morgan fingerprint density at radius 1 is 1.03 bits per heavy atom. The second-order valence-corrected chi connectivity index (χ2v) is 7.13. The third-order valence-corrected chi connectivity index (χ3v) is 5.25. The Labute approximate surface area is 170 Å². The summed E-state index contributed by atoms with van der Waals surface area (Å²) in [6.45, 7) is 0. The molecule has 30 heavy (non-hydrogen) atoms. The molecule has 2 aromatic heterocycles. The molecule has 0 spiro atoms. The van der Waals surface area contributed by atoms with Gasteiger partial charge in [-0.15, -0.1) is 0 Å². The first-order valence-corrected chi connectivity index (χ1v) is 9.44. The Kier molecular flexibility index (Phi) is 4.43. The van der Waals surface area contributed by atoms with Crippen LogP contribution in [0.2, 0.25) is 0 Å². The minimum atomic E-state index is -0.628. The van der Waals surface area contributed by atoms with Gasteiger partial charge in [0.25, 0.3) is 0 Å². The number of fused-ring (bicyclic) bond motifs is 1. The van der Waals surface area contributed by atoms with Crippen molar-refractivity contribution >= 4 is 5.97 Å². The Hall–Kier alpha value is -3.74. The molecule has 7 heteroatoms. The van der Waals surface area contributed by atoms with Crippen LogP contribution in [0.15, 0.2) is 71.3 Å². The van der Waals surface area contributed by atoms with E-state index in [1.54, 1.807) is 18.4 Å². The number of hydrogen-bond acceptors (Lipinski definition) is 4. The van der Waals surface area contributed by atoms with Gasteiger partial charge in [-0.2, -0.15) is 4.98 Å². The molecule has 5 nitrogen and oxygen atoms in total. The molecule has 0 fully saturated rings.